The summed E-state index contributed by atoms with van der Waals surface area (Å²) in [5, 5.41) is 9.45. The van der Waals surface area contributed by atoms with Crippen LogP contribution in [0.2, 0.25) is 0 Å². The van der Waals surface area contributed by atoms with Crippen molar-refractivity contribution >= 4 is 8.41 Å². The van der Waals surface area contributed by atoms with Gasteiger partial charge >= 0.3 is 0 Å². The van der Waals surface area contributed by atoms with E-state index in [-0.39, 0.29) is 14.5 Å². The van der Waals surface area contributed by atoms with Gasteiger partial charge in [-0.25, -0.2) is 0 Å². The lowest BCUT2D eigenvalue weighted by molar-refractivity contribution is 0.0752. The van der Waals surface area contributed by atoms with Crippen molar-refractivity contribution in [3.05, 3.63) is 0 Å². The minimum atomic E-state index is -0.0289. The van der Waals surface area contributed by atoms with E-state index < -0.39 is 0 Å². The molecule has 3 heteroatoms. The summed E-state index contributed by atoms with van der Waals surface area (Å²) in [6.45, 7) is 4.47. The van der Waals surface area contributed by atoms with E-state index in [1.165, 1.54) is 13.0 Å². The molecular formula is C7H16BNO. The van der Waals surface area contributed by atoms with Crippen LogP contribution in [0.3, 0.4) is 0 Å². The first-order chi connectivity index (χ1) is 4.29. The number of rotatable bonds is 0. The third-order valence-electron chi connectivity index (χ3n) is 2.81. The summed E-state index contributed by atoms with van der Waals surface area (Å²) >= 11 is 0. The molecule has 2 saturated heterocycles. The second-order valence-electron chi connectivity index (χ2n) is 3.27. The van der Waals surface area contributed by atoms with Crippen molar-refractivity contribution in [3.8, 4) is 0 Å². The Kier molecular flexibility index (Phi) is 2.06. The second-order valence-corrected chi connectivity index (χ2v) is 3.27. The topological polar surface area (TPSA) is 23.5 Å². The normalized spacial score (nSPS) is 51.0. The molecule has 2 rings (SSSR count). The molecule has 4 atom stereocenters. The molecule has 0 aromatic rings. The predicted octanol–water partition coefficient (Wildman–Crippen LogP) is -1.11. The Balaban J connectivity index is 0.000000500. The van der Waals surface area contributed by atoms with E-state index >= 15 is 0 Å². The predicted molar refractivity (Wildman–Crippen MR) is 45.1 cm³/mol. The fourth-order valence-corrected chi connectivity index (χ4v) is 2.07. The summed E-state index contributed by atoms with van der Waals surface area (Å²) in [7, 11) is 0. The number of fused-ring (bicyclic) bond motifs is 2. The maximum Gasteiger partial charge on any atom is 0.0814 e. The average Bonchev–Trinajstić information content (AvgIpc) is 2.37. The largest absolute Gasteiger partial charge is 0.391 e. The number of nitrogens with zero attached hydrogens (tertiary/aromatic N) is 1. The van der Waals surface area contributed by atoms with Gasteiger partial charge in [0.1, 0.15) is 0 Å². The molecule has 0 amide bonds. The monoisotopic (exact) mass is 141 g/mol. The molecule has 2 heterocycles. The maximum absolute atomic E-state index is 9.45. The van der Waals surface area contributed by atoms with E-state index in [2.05, 4.69) is 11.8 Å². The lowest BCUT2D eigenvalue weighted by Gasteiger charge is -2.24. The van der Waals surface area contributed by atoms with Gasteiger partial charge in [0, 0.05) is 18.5 Å². The summed E-state index contributed by atoms with van der Waals surface area (Å²) in [5.41, 5.74) is 0. The quantitative estimate of drug-likeness (QED) is 0.432. The smallest absolute Gasteiger partial charge is 0.0814 e. The molecule has 2 fully saturated rings. The lowest BCUT2D eigenvalue weighted by atomic mass is 9.98. The van der Waals surface area contributed by atoms with Gasteiger partial charge in [-0.15, -0.1) is 0 Å². The van der Waals surface area contributed by atoms with Crippen molar-refractivity contribution < 1.29 is 5.11 Å². The molecule has 0 saturated carbocycles. The number of aliphatic hydroxyl groups is 1. The van der Waals surface area contributed by atoms with Crippen LogP contribution in [0.15, 0.2) is 0 Å². The fourth-order valence-electron chi connectivity index (χ4n) is 2.07. The zero-order valence-corrected chi connectivity index (χ0v) is 5.75. The summed E-state index contributed by atoms with van der Waals surface area (Å²) in [4.78, 5) is 2.37. The number of piperidine rings is 1. The van der Waals surface area contributed by atoms with Crippen LogP contribution in [-0.4, -0.2) is 43.7 Å². The third-order valence-corrected chi connectivity index (χ3v) is 2.81. The third kappa shape index (κ3) is 0.885. The van der Waals surface area contributed by atoms with Gasteiger partial charge in [0.05, 0.1) is 14.5 Å². The molecule has 0 spiro atoms. The van der Waals surface area contributed by atoms with Crippen LogP contribution in [0.5, 0.6) is 0 Å². The van der Waals surface area contributed by atoms with Gasteiger partial charge in [-0.2, -0.15) is 0 Å². The molecule has 0 aromatic heterocycles. The number of hydrogen-bond donors (Lipinski definition) is 1. The SMILES string of the molecule is B.CC1C(O)C2CCN1C2. The molecular weight excluding hydrogens is 125 g/mol. The Morgan fingerprint density at radius 3 is 2.50 bits per heavy atom. The van der Waals surface area contributed by atoms with Gasteiger partial charge in [-0.05, 0) is 19.9 Å². The Morgan fingerprint density at radius 2 is 2.20 bits per heavy atom. The highest BCUT2D eigenvalue weighted by Gasteiger charge is 2.42. The highest BCUT2D eigenvalue weighted by atomic mass is 16.3. The van der Waals surface area contributed by atoms with Crippen LogP contribution < -0.4 is 0 Å². The van der Waals surface area contributed by atoms with E-state index in [1.807, 2.05) is 0 Å². The van der Waals surface area contributed by atoms with Gasteiger partial charge in [0.2, 0.25) is 0 Å². The molecule has 2 nitrogen and oxygen atoms in total. The maximum atomic E-state index is 9.45. The molecule has 0 aliphatic carbocycles. The molecule has 0 aromatic carbocycles. The fraction of sp³-hybridized carbons (Fsp3) is 1.00. The molecule has 2 bridgehead atoms. The summed E-state index contributed by atoms with van der Waals surface area (Å²) in [6.07, 6.45) is 1.18. The minimum Gasteiger partial charge on any atom is -0.391 e. The zero-order chi connectivity index (χ0) is 6.43. The first kappa shape index (κ1) is 8.09. The number of hydrogen-bond acceptors (Lipinski definition) is 2. The zero-order valence-electron chi connectivity index (χ0n) is 5.75. The molecule has 4 unspecified atom stereocenters. The first-order valence-electron chi connectivity index (χ1n) is 3.71. The lowest BCUT2D eigenvalue weighted by Crippen LogP contribution is -2.36. The van der Waals surface area contributed by atoms with Gasteiger partial charge < -0.3 is 5.11 Å². The highest BCUT2D eigenvalue weighted by molar-refractivity contribution is 5.75. The van der Waals surface area contributed by atoms with Crippen LogP contribution in [0.25, 0.3) is 0 Å². The van der Waals surface area contributed by atoms with Crippen LogP contribution in [0.1, 0.15) is 13.3 Å². The van der Waals surface area contributed by atoms with Crippen LogP contribution in [0.4, 0.5) is 0 Å². The molecule has 2 aliphatic rings. The van der Waals surface area contributed by atoms with Gasteiger partial charge in [-0.1, -0.05) is 0 Å². The Morgan fingerprint density at radius 1 is 1.50 bits per heavy atom. The van der Waals surface area contributed by atoms with Crippen molar-refractivity contribution in [3.63, 3.8) is 0 Å². The van der Waals surface area contributed by atoms with E-state index in [0.29, 0.717) is 12.0 Å². The summed E-state index contributed by atoms with van der Waals surface area (Å²) in [6, 6.07) is 0.434. The average molecular weight is 141 g/mol. The molecule has 10 heavy (non-hydrogen) atoms. The minimum absolute atomic E-state index is 0. The Bertz CT molecular complexity index is 113. The summed E-state index contributed by atoms with van der Waals surface area (Å²) < 4.78 is 0. The van der Waals surface area contributed by atoms with Crippen molar-refractivity contribution in [2.75, 3.05) is 13.1 Å². The van der Waals surface area contributed by atoms with Gasteiger partial charge in [0.25, 0.3) is 0 Å². The standard InChI is InChI=1S/C7H13NO.BH3/c1-5-7(9)6-2-3-8(5)4-6;/h5-7,9H,2-4H2,1H3;1H3. The van der Waals surface area contributed by atoms with E-state index in [9.17, 15) is 5.11 Å². The molecule has 0 radical (unpaired) electrons. The molecule has 2 aliphatic heterocycles. The molecule has 1 N–H and O–H groups in total. The Labute approximate surface area is 63.8 Å². The van der Waals surface area contributed by atoms with Crippen molar-refractivity contribution in [1.82, 2.24) is 4.90 Å². The second kappa shape index (κ2) is 2.55. The van der Waals surface area contributed by atoms with Crippen molar-refractivity contribution in [2.24, 2.45) is 5.92 Å². The van der Waals surface area contributed by atoms with Gasteiger partial charge in [0.15, 0.2) is 0 Å². The van der Waals surface area contributed by atoms with Crippen molar-refractivity contribution in [1.29, 1.82) is 0 Å². The first-order valence-corrected chi connectivity index (χ1v) is 3.71. The number of aliphatic hydroxyl groups excluding tert-OH is 1. The van der Waals surface area contributed by atoms with Crippen molar-refractivity contribution in [2.45, 2.75) is 25.5 Å². The molecule has 58 valence electrons. The van der Waals surface area contributed by atoms with Crippen LogP contribution in [0, 0.1) is 5.92 Å². The van der Waals surface area contributed by atoms with Crippen LogP contribution in [-0.2, 0) is 0 Å². The van der Waals surface area contributed by atoms with E-state index in [4.69, 9.17) is 0 Å². The van der Waals surface area contributed by atoms with Gasteiger partial charge in [-0.3, -0.25) is 4.90 Å². The summed E-state index contributed by atoms with van der Waals surface area (Å²) in [5.74, 6) is 0.597. The highest BCUT2D eigenvalue weighted by Crippen LogP contribution is 2.32. The van der Waals surface area contributed by atoms with E-state index in [0.717, 1.165) is 6.54 Å². The Hall–Kier alpha value is -0.0151. The van der Waals surface area contributed by atoms with E-state index in [1.54, 1.807) is 0 Å². The van der Waals surface area contributed by atoms with Crippen LogP contribution >= 0.6 is 0 Å².